The van der Waals surface area contributed by atoms with Gasteiger partial charge in [0.1, 0.15) is 11.6 Å². The molecule has 0 radical (unpaired) electrons. The molecule has 0 saturated carbocycles. The Labute approximate surface area is 118 Å². The van der Waals surface area contributed by atoms with Crippen LogP contribution in [0.15, 0.2) is 12.1 Å². The van der Waals surface area contributed by atoms with Crippen LogP contribution in [0.5, 0.6) is 0 Å². The van der Waals surface area contributed by atoms with E-state index < -0.39 is 4.92 Å². The molecule has 20 heavy (non-hydrogen) atoms. The van der Waals surface area contributed by atoms with Crippen LogP contribution in [-0.4, -0.2) is 47.5 Å². The fraction of sp³-hybridized carbons (Fsp3) is 0.615. The number of pyridine rings is 1. The van der Waals surface area contributed by atoms with E-state index in [2.05, 4.69) is 20.5 Å². The third kappa shape index (κ3) is 4.06. The van der Waals surface area contributed by atoms with Crippen LogP contribution in [0.25, 0.3) is 0 Å². The van der Waals surface area contributed by atoms with E-state index in [4.69, 9.17) is 0 Å². The van der Waals surface area contributed by atoms with Gasteiger partial charge >= 0.3 is 0 Å². The van der Waals surface area contributed by atoms with Crippen molar-refractivity contribution in [3.05, 3.63) is 22.2 Å². The van der Waals surface area contributed by atoms with Crippen molar-refractivity contribution in [2.24, 2.45) is 0 Å². The molecular formula is C13H21N5O2. The topological polar surface area (TPSA) is 83.3 Å². The van der Waals surface area contributed by atoms with Gasteiger partial charge in [0.15, 0.2) is 0 Å². The van der Waals surface area contributed by atoms with Crippen LogP contribution in [0.2, 0.25) is 0 Å². The van der Waals surface area contributed by atoms with Crippen molar-refractivity contribution in [3.63, 3.8) is 0 Å². The monoisotopic (exact) mass is 279 g/mol. The smallest absolute Gasteiger partial charge is 0.276 e. The summed E-state index contributed by atoms with van der Waals surface area (Å²) < 4.78 is 0. The summed E-state index contributed by atoms with van der Waals surface area (Å²) in [6.45, 7) is 6.60. The second-order valence-corrected chi connectivity index (χ2v) is 4.86. The lowest BCUT2D eigenvalue weighted by Crippen LogP contribution is -2.26. The molecule has 0 unspecified atom stereocenters. The number of anilines is 2. The minimum Gasteiger partial charge on any atom is -0.370 e. The molecule has 0 atom stereocenters. The second kappa shape index (κ2) is 7.04. The summed E-state index contributed by atoms with van der Waals surface area (Å²) in [5, 5.41) is 17.1. The van der Waals surface area contributed by atoms with Gasteiger partial charge in [-0.3, -0.25) is 10.1 Å². The Morgan fingerprint density at radius 3 is 2.55 bits per heavy atom. The number of nitro groups is 1. The molecule has 1 aromatic rings. The lowest BCUT2D eigenvalue weighted by Gasteiger charge is -2.15. The minimum atomic E-state index is -0.395. The van der Waals surface area contributed by atoms with Gasteiger partial charge in [0.25, 0.3) is 5.69 Å². The highest BCUT2D eigenvalue weighted by Gasteiger charge is 2.13. The van der Waals surface area contributed by atoms with Crippen molar-refractivity contribution in [1.82, 2.24) is 9.88 Å². The van der Waals surface area contributed by atoms with Crippen LogP contribution in [0.3, 0.4) is 0 Å². The highest BCUT2D eigenvalue weighted by atomic mass is 16.6. The van der Waals surface area contributed by atoms with Crippen LogP contribution in [-0.2, 0) is 0 Å². The highest BCUT2D eigenvalue weighted by molar-refractivity contribution is 5.54. The van der Waals surface area contributed by atoms with Gasteiger partial charge in [-0.15, -0.1) is 0 Å². The quantitative estimate of drug-likeness (QED) is 0.586. The van der Waals surface area contributed by atoms with Crippen LogP contribution in [0.4, 0.5) is 17.3 Å². The Bertz CT molecular complexity index is 460. The zero-order chi connectivity index (χ0) is 14.4. The molecule has 1 fully saturated rings. The molecule has 1 aliphatic rings. The Kier molecular flexibility index (Phi) is 5.11. The lowest BCUT2D eigenvalue weighted by atomic mass is 10.3. The van der Waals surface area contributed by atoms with Gasteiger partial charge < -0.3 is 15.5 Å². The number of hydrogen-bond donors (Lipinski definition) is 2. The van der Waals surface area contributed by atoms with E-state index in [0.29, 0.717) is 18.2 Å². The Morgan fingerprint density at radius 2 is 1.95 bits per heavy atom. The number of hydrogen-bond acceptors (Lipinski definition) is 6. The van der Waals surface area contributed by atoms with Gasteiger partial charge in [0.2, 0.25) is 0 Å². The van der Waals surface area contributed by atoms with E-state index in [1.165, 1.54) is 25.0 Å². The largest absolute Gasteiger partial charge is 0.370 e. The summed E-state index contributed by atoms with van der Waals surface area (Å²) in [4.78, 5) is 17.2. The molecule has 1 aliphatic heterocycles. The third-order valence-electron chi connectivity index (χ3n) is 3.31. The molecule has 2 N–H and O–H groups in total. The van der Waals surface area contributed by atoms with Crippen molar-refractivity contribution in [2.75, 3.05) is 43.4 Å². The molecule has 110 valence electrons. The molecule has 2 heterocycles. The van der Waals surface area contributed by atoms with E-state index in [-0.39, 0.29) is 5.69 Å². The van der Waals surface area contributed by atoms with E-state index in [0.717, 1.165) is 26.2 Å². The number of aromatic nitrogens is 1. The Morgan fingerprint density at radius 1 is 1.30 bits per heavy atom. The molecule has 1 aromatic heterocycles. The molecule has 0 aromatic carbocycles. The van der Waals surface area contributed by atoms with Crippen LogP contribution < -0.4 is 10.6 Å². The summed E-state index contributed by atoms with van der Waals surface area (Å²) >= 11 is 0. The molecule has 0 amide bonds. The van der Waals surface area contributed by atoms with Crippen molar-refractivity contribution in [2.45, 2.75) is 19.8 Å². The second-order valence-electron chi connectivity index (χ2n) is 4.86. The van der Waals surface area contributed by atoms with Gasteiger partial charge in [-0.25, -0.2) is 4.98 Å². The van der Waals surface area contributed by atoms with Crippen molar-refractivity contribution in [3.8, 4) is 0 Å². The minimum absolute atomic E-state index is 0.0552. The Balaban J connectivity index is 1.96. The molecule has 7 heteroatoms. The molecule has 7 nitrogen and oxygen atoms in total. The van der Waals surface area contributed by atoms with Crippen LogP contribution >= 0.6 is 0 Å². The SMILES string of the molecule is CCNc1cc([N+](=O)[O-])cc(NCCN2CCCC2)n1. The van der Waals surface area contributed by atoms with Gasteiger partial charge in [-0.2, -0.15) is 0 Å². The highest BCUT2D eigenvalue weighted by Crippen LogP contribution is 2.20. The predicted molar refractivity (Wildman–Crippen MR) is 79.2 cm³/mol. The fourth-order valence-corrected chi connectivity index (χ4v) is 2.33. The number of nitrogens with one attached hydrogen (secondary N) is 2. The van der Waals surface area contributed by atoms with Crippen molar-refractivity contribution < 1.29 is 4.92 Å². The van der Waals surface area contributed by atoms with E-state index in [1.54, 1.807) is 0 Å². The molecule has 0 aliphatic carbocycles. The zero-order valence-corrected chi connectivity index (χ0v) is 11.8. The number of nitrogens with zero attached hydrogens (tertiary/aromatic N) is 3. The summed E-state index contributed by atoms with van der Waals surface area (Å²) in [5.74, 6) is 1.08. The molecule has 2 rings (SSSR count). The average molecular weight is 279 g/mol. The third-order valence-corrected chi connectivity index (χ3v) is 3.31. The van der Waals surface area contributed by atoms with E-state index in [1.807, 2.05) is 6.92 Å². The summed E-state index contributed by atoms with van der Waals surface area (Å²) in [6, 6.07) is 2.93. The summed E-state index contributed by atoms with van der Waals surface area (Å²) in [7, 11) is 0. The standard InChI is InChI=1S/C13H21N5O2/c1-2-14-12-9-11(18(19)20)10-13(16-12)15-5-8-17-6-3-4-7-17/h9-10H,2-8H2,1H3,(H2,14,15,16). The maximum absolute atomic E-state index is 10.9. The first-order chi connectivity index (χ1) is 9.69. The van der Waals surface area contributed by atoms with Gasteiger partial charge in [0.05, 0.1) is 17.1 Å². The Hall–Kier alpha value is -1.89. The van der Waals surface area contributed by atoms with Crippen molar-refractivity contribution in [1.29, 1.82) is 0 Å². The van der Waals surface area contributed by atoms with E-state index in [9.17, 15) is 10.1 Å². The normalized spacial score (nSPS) is 15.2. The summed E-state index contributed by atoms with van der Waals surface area (Å²) in [6.07, 6.45) is 2.53. The average Bonchev–Trinajstić information content (AvgIpc) is 2.92. The van der Waals surface area contributed by atoms with Crippen LogP contribution in [0, 0.1) is 10.1 Å². The maximum atomic E-state index is 10.9. The fourth-order valence-electron chi connectivity index (χ4n) is 2.33. The zero-order valence-electron chi connectivity index (χ0n) is 11.8. The summed E-state index contributed by atoms with van der Waals surface area (Å²) in [5.41, 5.74) is 0.0552. The van der Waals surface area contributed by atoms with Gasteiger partial charge in [-0.1, -0.05) is 0 Å². The lowest BCUT2D eigenvalue weighted by molar-refractivity contribution is -0.384. The van der Waals surface area contributed by atoms with E-state index >= 15 is 0 Å². The molecular weight excluding hydrogens is 258 g/mol. The number of likely N-dealkylation sites (tertiary alicyclic amines) is 1. The first-order valence-electron chi connectivity index (χ1n) is 7.05. The van der Waals surface area contributed by atoms with Crippen LogP contribution in [0.1, 0.15) is 19.8 Å². The predicted octanol–water partition coefficient (Wildman–Crippen LogP) is 1.93. The first-order valence-corrected chi connectivity index (χ1v) is 7.05. The molecule has 0 bridgehead atoms. The molecule has 0 spiro atoms. The number of rotatable bonds is 7. The maximum Gasteiger partial charge on any atom is 0.276 e. The van der Waals surface area contributed by atoms with Gasteiger partial charge in [-0.05, 0) is 32.9 Å². The molecule has 1 saturated heterocycles. The van der Waals surface area contributed by atoms with Gasteiger partial charge in [0, 0.05) is 19.6 Å². The van der Waals surface area contributed by atoms with Crippen molar-refractivity contribution >= 4 is 17.3 Å². The first kappa shape index (κ1) is 14.5.